The summed E-state index contributed by atoms with van der Waals surface area (Å²) in [6.07, 6.45) is -3.78. The number of fused-ring (bicyclic) bond motifs is 1. The summed E-state index contributed by atoms with van der Waals surface area (Å²) < 4.78 is 63.8. The fourth-order valence-corrected chi connectivity index (χ4v) is 2.64. The molecule has 21 heavy (non-hydrogen) atoms. The summed E-state index contributed by atoms with van der Waals surface area (Å²) in [7, 11) is 0. The second-order valence-corrected chi connectivity index (χ2v) is 5.34. The third-order valence-corrected chi connectivity index (χ3v) is 3.74. The van der Waals surface area contributed by atoms with Crippen molar-refractivity contribution >= 4 is 15.9 Å². The minimum Gasteiger partial charge on any atom is -0.486 e. The van der Waals surface area contributed by atoms with Crippen LogP contribution in [0.4, 0.5) is 17.6 Å². The number of benzene rings is 1. The molecule has 8 heteroatoms. The van der Waals surface area contributed by atoms with E-state index in [1.165, 1.54) is 12.1 Å². The van der Waals surface area contributed by atoms with Crippen LogP contribution < -0.4 is 14.8 Å². The highest BCUT2D eigenvalue weighted by Crippen LogP contribution is 2.43. The fraction of sp³-hybridized carbons (Fsp3) is 0.538. The zero-order chi connectivity index (χ0) is 15.6. The predicted molar refractivity (Wildman–Crippen MR) is 72.5 cm³/mol. The molecule has 0 fully saturated rings. The van der Waals surface area contributed by atoms with Crippen LogP contribution in [0, 0.1) is 0 Å². The first-order valence-corrected chi connectivity index (χ1v) is 7.15. The maximum atomic E-state index is 13.8. The van der Waals surface area contributed by atoms with Gasteiger partial charge in [-0.25, -0.2) is 8.78 Å². The Kier molecular flexibility index (Phi) is 4.98. The van der Waals surface area contributed by atoms with Crippen molar-refractivity contribution in [3.05, 3.63) is 22.2 Å². The van der Waals surface area contributed by atoms with Gasteiger partial charge in [0, 0.05) is 4.47 Å². The highest BCUT2D eigenvalue weighted by Gasteiger charge is 2.50. The van der Waals surface area contributed by atoms with Crippen LogP contribution in [-0.4, -0.2) is 32.1 Å². The molecule has 1 N–H and O–H groups in total. The van der Waals surface area contributed by atoms with Gasteiger partial charge in [0.1, 0.15) is 19.3 Å². The van der Waals surface area contributed by atoms with E-state index in [2.05, 4.69) is 21.2 Å². The summed E-state index contributed by atoms with van der Waals surface area (Å²) in [6, 6.07) is 0.936. The van der Waals surface area contributed by atoms with E-state index < -0.39 is 18.4 Å². The molecule has 0 amide bonds. The molecule has 1 heterocycles. The standard InChI is InChI=1S/C13H14BrF4NO2/c1-2-19-11(13(17,18)12(15)16)7-5-9-10(6-8(7)14)21-4-3-20-9/h5-6,11-12,19H,2-4H2,1H3. The van der Waals surface area contributed by atoms with Gasteiger partial charge in [0.25, 0.3) is 0 Å². The zero-order valence-corrected chi connectivity index (χ0v) is 12.7. The molecule has 0 saturated carbocycles. The molecule has 2 rings (SSSR count). The normalized spacial score (nSPS) is 16.1. The lowest BCUT2D eigenvalue weighted by Gasteiger charge is -2.29. The molecular weight excluding hydrogens is 358 g/mol. The number of hydrogen-bond donors (Lipinski definition) is 1. The monoisotopic (exact) mass is 371 g/mol. The molecule has 0 bridgehead atoms. The smallest absolute Gasteiger partial charge is 0.326 e. The van der Waals surface area contributed by atoms with Gasteiger partial charge >= 0.3 is 12.3 Å². The molecule has 1 aromatic carbocycles. The first-order valence-electron chi connectivity index (χ1n) is 6.36. The van der Waals surface area contributed by atoms with Gasteiger partial charge in [-0.3, -0.25) is 0 Å². The predicted octanol–water partition coefficient (Wildman–Crippen LogP) is 3.77. The van der Waals surface area contributed by atoms with E-state index in [0.29, 0.717) is 12.4 Å². The van der Waals surface area contributed by atoms with Crippen molar-refractivity contribution in [3.8, 4) is 11.5 Å². The number of ether oxygens (including phenoxy) is 2. The van der Waals surface area contributed by atoms with E-state index in [4.69, 9.17) is 9.47 Å². The number of hydrogen-bond acceptors (Lipinski definition) is 3. The largest absolute Gasteiger partial charge is 0.486 e. The van der Waals surface area contributed by atoms with E-state index in [-0.39, 0.29) is 28.9 Å². The summed E-state index contributed by atoms with van der Waals surface area (Å²) in [4.78, 5) is 0. The first kappa shape index (κ1) is 16.4. The average Bonchev–Trinajstić information content (AvgIpc) is 2.44. The Labute approximate surface area is 127 Å². The molecule has 1 aromatic rings. The van der Waals surface area contributed by atoms with E-state index in [1.54, 1.807) is 6.92 Å². The maximum Gasteiger partial charge on any atom is 0.326 e. The lowest BCUT2D eigenvalue weighted by Crippen LogP contribution is -2.42. The Balaban J connectivity index is 2.45. The van der Waals surface area contributed by atoms with Crippen LogP contribution in [0.5, 0.6) is 11.5 Å². The van der Waals surface area contributed by atoms with Gasteiger partial charge in [0.2, 0.25) is 0 Å². The minimum atomic E-state index is -4.21. The molecule has 0 spiro atoms. The summed E-state index contributed by atoms with van der Waals surface area (Å²) in [6.45, 7) is 2.32. The molecule has 0 saturated heterocycles. The molecule has 1 atom stereocenters. The van der Waals surface area contributed by atoms with E-state index in [9.17, 15) is 17.6 Å². The third-order valence-electron chi connectivity index (χ3n) is 3.06. The molecular formula is C13H14BrF4NO2. The first-order chi connectivity index (χ1) is 9.87. The lowest BCUT2D eigenvalue weighted by molar-refractivity contribution is -0.151. The maximum absolute atomic E-state index is 13.8. The van der Waals surface area contributed by atoms with E-state index in [1.807, 2.05) is 0 Å². The van der Waals surface area contributed by atoms with Crippen LogP contribution in [0.25, 0.3) is 0 Å². The van der Waals surface area contributed by atoms with Crippen molar-refractivity contribution in [2.75, 3.05) is 19.8 Å². The van der Waals surface area contributed by atoms with Crippen LogP contribution in [0.3, 0.4) is 0 Å². The third kappa shape index (κ3) is 3.26. The molecule has 1 aliphatic heterocycles. The summed E-state index contributed by atoms with van der Waals surface area (Å²) in [5.41, 5.74) is 0.00593. The topological polar surface area (TPSA) is 30.5 Å². The number of rotatable bonds is 5. The molecule has 3 nitrogen and oxygen atoms in total. The summed E-state index contributed by atoms with van der Waals surface area (Å²) in [5.74, 6) is -3.54. The Morgan fingerprint density at radius 1 is 1.24 bits per heavy atom. The van der Waals surface area contributed by atoms with E-state index in [0.717, 1.165) is 0 Å². The van der Waals surface area contributed by atoms with Crippen LogP contribution >= 0.6 is 15.9 Å². The van der Waals surface area contributed by atoms with Gasteiger partial charge in [0.15, 0.2) is 11.5 Å². The molecule has 0 aromatic heterocycles. The van der Waals surface area contributed by atoms with Crippen LogP contribution in [0.1, 0.15) is 18.5 Å². The van der Waals surface area contributed by atoms with Crippen molar-refractivity contribution in [2.24, 2.45) is 0 Å². The molecule has 1 aliphatic rings. The molecule has 0 aliphatic carbocycles. The number of halogens is 5. The Hall–Kier alpha value is -1.02. The van der Waals surface area contributed by atoms with Gasteiger partial charge in [-0.1, -0.05) is 22.9 Å². The van der Waals surface area contributed by atoms with Crippen molar-refractivity contribution in [2.45, 2.75) is 25.3 Å². The Bertz CT molecular complexity index is 513. The van der Waals surface area contributed by atoms with Crippen molar-refractivity contribution in [1.82, 2.24) is 5.32 Å². The summed E-state index contributed by atoms with van der Waals surface area (Å²) in [5, 5.41) is 2.41. The number of nitrogens with one attached hydrogen (secondary N) is 1. The van der Waals surface area contributed by atoms with Gasteiger partial charge in [0.05, 0.1) is 0 Å². The van der Waals surface area contributed by atoms with Gasteiger partial charge in [-0.15, -0.1) is 0 Å². The molecule has 0 radical (unpaired) electrons. The lowest BCUT2D eigenvalue weighted by atomic mass is 9.99. The second kappa shape index (κ2) is 6.39. The van der Waals surface area contributed by atoms with Crippen molar-refractivity contribution in [3.63, 3.8) is 0 Å². The molecule has 1 unspecified atom stereocenters. The van der Waals surface area contributed by atoms with Gasteiger partial charge in [-0.05, 0) is 24.2 Å². The highest BCUT2D eigenvalue weighted by atomic mass is 79.9. The van der Waals surface area contributed by atoms with Crippen LogP contribution in [0.2, 0.25) is 0 Å². The quantitative estimate of drug-likeness (QED) is 0.799. The Morgan fingerprint density at radius 3 is 2.33 bits per heavy atom. The Morgan fingerprint density at radius 2 is 1.81 bits per heavy atom. The van der Waals surface area contributed by atoms with Crippen LogP contribution in [-0.2, 0) is 0 Å². The van der Waals surface area contributed by atoms with Gasteiger partial charge < -0.3 is 14.8 Å². The SMILES string of the molecule is CCNC(c1cc2c(cc1Br)OCCO2)C(F)(F)C(F)F. The summed E-state index contributed by atoms with van der Waals surface area (Å²) >= 11 is 3.13. The fourth-order valence-electron chi connectivity index (χ4n) is 2.08. The average molecular weight is 372 g/mol. The molecule has 118 valence electrons. The van der Waals surface area contributed by atoms with Crippen molar-refractivity contribution < 1.29 is 27.0 Å². The second-order valence-electron chi connectivity index (χ2n) is 4.48. The highest BCUT2D eigenvalue weighted by molar-refractivity contribution is 9.10. The number of alkyl halides is 4. The van der Waals surface area contributed by atoms with Crippen LogP contribution in [0.15, 0.2) is 16.6 Å². The van der Waals surface area contributed by atoms with Crippen molar-refractivity contribution in [1.29, 1.82) is 0 Å². The van der Waals surface area contributed by atoms with E-state index >= 15 is 0 Å². The zero-order valence-electron chi connectivity index (χ0n) is 11.1. The minimum absolute atomic E-state index is 0.00593. The van der Waals surface area contributed by atoms with Gasteiger partial charge in [-0.2, -0.15) is 8.78 Å².